The normalized spacial score (nSPS) is 11.2. The molecule has 1 rings (SSSR count). The van der Waals surface area contributed by atoms with E-state index < -0.39 is 17.9 Å². The van der Waals surface area contributed by atoms with Gasteiger partial charge in [-0.2, -0.15) is 0 Å². The molecular formula is C11H16N2O5. The zero-order valence-electron chi connectivity index (χ0n) is 9.59. The van der Waals surface area contributed by atoms with Crippen molar-refractivity contribution in [2.24, 2.45) is 5.73 Å². The Morgan fingerprint density at radius 3 is 2.28 bits per heavy atom. The number of carbonyl (C=O) groups excluding carboxylic acids is 1. The number of carboxylic acids is 1. The lowest BCUT2D eigenvalue weighted by Gasteiger charge is -2.13. The van der Waals surface area contributed by atoms with Crippen LogP contribution in [0.4, 0.5) is 0 Å². The highest BCUT2D eigenvalue weighted by molar-refractivity contribution is 5.84. The van der Waals surface area contributed by atoms with Crippen LogP contribution in [0.2, 0.25) is 0 Å². The molecule has 0 aromatic heterocycles. The van der Waals surface area contributed by atoms with E-state index in [-0.39, 0.29) is 24.2 Å². The van der Waals surface area contributed by atoms with E-state index in [0.717, 1.165) is 0 Å². The molecule has 1 amide bonds. The lowest BCUT2D eigenvalue weighted by molar-refractivity contribution is -0.141. The fraction of sp³-hybridized carbons (Fsp3) is 0.273. The van der Waals surface area contributed by atoms with Crippen LogP contribution in [0.15, 0.2) is 24.3 Å². The number of hydrogen-bond donors (Lipinski definition) is 4. The standard InChI is InChI=1S/C11H14N2O4.H2O/c12-6-10(15)13-9(11(16)17)5-7-1-3-8(14)4-2-7;/h1-4,9,14H,5-6,12H2,(H,13,15)(H,16,17);1H2. The second kappa shape index (κ2) is 7.25. The Hall–Kier alpha value is -2.12. The smallest absolute Gasteiger partial charge is 0.326 e. The third-order valence-electron chi connectivity index (χ3n) is 2.19. The molecule has 0 heterocycles. The highest BCUT2D eigenvalue weighted by Crippen LogP contribution is 2.11. The second-order valence-electron chi connectivity index (χ2n) is 3.53. The zero-order valence-corrected chi connectivity index (χ0v) is 9.59. The first-order valence-corrected chi connectivity index (χ1v) is 5.03. The fourth-order valence-corrected chi connectivity index (χ4v) is 1.32. The van der Waals surface area contributed by atoms with E-state index >= 15 is 0 Å². The van der Waals surface area contributed by atoms with Gasteiger partial charge < -0.3 is 26.7 Å². The van der Waals surface area contributed by atoms with Gasteiger partial charge in [0.2, 0.25) is 5.91 Å². The molecule has 0 spiro atoms. The minimum absolute atomic E-state index is 0. The van der Waals surface area contributed by atoms with Gasteiger partial charge in [0.05, 0.1) is 6.54 Å². The van der Waals surface area contributed by atoms with Crippen LogP contribution in [-0.4, -0.2) is 40.2 Å². The van der Waals surface area contributed by atoms with Crippen LogP contribution in [0.1, 0.15) is 5.56 Å². The number of carboxylic acid groups (broad SMARTS) is 1. The minimum atomic E-state index is -1.13. The number of nitrogens with one attached hydrogen (secondary N) is 1. The largest absolute Gasteiger partial charge is 0.508 e. The predicted molar refractivity (Wildman–Crippen MR) is 64.0 cm³/mol. The highest BCUT2D eigenvalue weighted by Gasteiger charge is 2.19. The average Bonchev–Trinajstić information content (AvgIpc) is 2.30. The molecule has 1 atom stereocenters. The summed E-state index contributed by atoms with van der Waals surface area (Å²) in [6.07, 6.45) is 0.140. The lowest BCUT2D eigenvalue weighted by atomic mass is 10.1. The molecule has 100 valence electrons. The van der Waals surface area contributed by atoms with Crippen molar-refractivity contribution in [3.8, 4) is 5.75 Å². The number of aliphatic carboxylic acids is 1. The van der Waals surface area contributed by atoms with Crippen molar-refractivity contribution in [2.45, 2.75) is 12.5 Å². The van der Waals surface area contributed by atoms with E-state index in [4.69, 9.17) is 15.9 Å². The van der Waals surface area contributed by atoms with Crippen molar-refractivity contribution in [1.82, 2.24) is 5.32 Å². The molecule has 7 nitrogen and oxygen atoms in total. The molecule has 0 saturated carbocycles. The maximum atomic E-state index is 11.0. The van der Waals surface area contributed by atoms with E-state index in [1.165, 1.54) is 12.1 Å². The van der Waals surface area contributed by atoms with Crippen LogP contribution in [0.25, 0.3) is 0 Å². The Morgan fingerprint density at radius 1 is 1.28 bits per heavy atom. The first kappa shape index (κ1) is 15.9. The summed E-state index contributed by atoms with van der Waals surface area (Å²) in [4.78, 5) is 21.9. The number of nitrogens with two attached hydrogens (primary N) is 1. The number of rotatable bonds is 5. The maximum Gasteiger partial charge on any atom is 0.326 e. The molecule has 0 radical (unpaired) electrons. The number of phenolic OH excluding ortho intramolecular Hbond substituents is 1. The molecule has 0 aliphatic carbocycles. The molecule has 7 heteroatoms. The average molecular weight is 256 g/mol. The quantitative estimate of drug-likeness (QED) is 0.514. The molecular weight excluding hydrogens is 240 g/mol. The summed E-state index contributed by atoms with van der Waals surface area (Å²) in [6.45, 7) is -0.251. The van der Waals surface area contributed by atoms with Gasteiger partial charge in [0.25, 0.3) is 0 Å². The summed E-state index contributed by atoms with van der Waals surface area (Å²) in [5.74, 6) is -1.54. The van der Waals surface area contributed by atoms with E-state index in [0.29, 0.717) is 5.56 Å². The summed E-state index contributed by atoms with van der Waals surface area (Å²) in [5, 5.41) is 20.3. The maximum absolute atomic E-state index is 11.0. The van der Waals surface area contributed by atoms with Crippen LogP contribution in [0, 0.1) is 0 Å². The number of hydrogen-bond acceptors (Lipinski definition) is 4. The monoisotopic (exact) mass is 256 g/mol. The Kier molecular flexibility index (Phi) is 6.40. The number of phenols is 1. The van der Waals surface area contributed by atoms with Gasteiger partial charge in [-0.15, -0.1) is 0 Å². The SMILES string of the molecule is NCC(=O)NC(Cc1ccc(O)cc1)C(=O)O.O. The van der Waals surface area contributed by atoms with Gasteiger partial charge in [0.1, 0.15) is 11.8 Å². The molecule has 0 bridgehead atoms. The molecule has 1 unspecified atom stereocenters. The van der Waals surface area contributed by atoms with Gasteiger partial charge in [0.15, 0.2) is 0 Å². The Labute approximate surface area is 104 Å². The molecule has 0 fully saturated rings. The third kappa shape index (κ3) is 4.81. The van der Waals surface area contributed by atoms with Crippen LogP contribution in [0.3, 0.4) is 0 Å². The van der Waals surface area contributed by atoms with Crippen molar-refractivity contribution in [1.29, 1.82) is 0 Å². The van der Waals surface area contributed by atoms with Crippen molar-refractivity contribution in [3.63, 3.8) is 0 Å². The van der Waals surface area contributed by atoms with Gasteiger partial charge >= 0.3 is 5.97 Å². The first-order valence-electron chi connectivity index (χ1n) is 5.03. The van der Waals surface area contributed by atoms with E-state index in [9.17, 15) is 9.59 Å². The summed E-state index contributed by atoms with van der Waals surface area (Å²) in [7, 11) is 0. The number of carbonyl (C=O) groups is 2. The zero-order chi connectivity index (χ0) is 12.8. The summed E-state index contributed by atoms with van der Waals surface area (Å²) in [5.41, 5.74) is 5.80. The van der Waals surface area contributed by atoms with Crippen LogP contribution in [-0.2, 0) is 16.0 Å². The Bertz CT molecular complexity index is 404. The molecule has 0 saturated heterocycles. The minimum Gasteiger partial charge on any atom is -0.508 e. The topological polar surface area (TPSA) is 144 Å². The van der Waals surface area contributed by atoms with Crippen LogP contribution < -0.4 is 11.1 Å². The number of amides is 1. The molecule has 1 aromatic rings. The van der Waals surface area contributed by atoms with Gasteiger partial charge in [-0.1, -0.05) is 12.1 Å². The number of aromatic hydroxyl groups is 1. The summed E-state index contributed by atoms with van der Waals surface area (Å²) < 4.78 is 0. The molecule has 0 aliphatic heterocycles. The second-order valence-corrected chi connectivity index (χ2v) is 3.53. The van der Waals surface area contributed by atoms with Crippen LogP contribution in [0.5, 0.6) is 5.75 Å². The Morgan fingerprint density at radius 2 is 1.83 bits per heavy atom. The van der Waals surface area contributed by atoms with Crippen molar-refractivity contribution < 1.29 is 25.3 Å². The third-order valence-corrected chi connectivity index (χ3v) is 2.19. The van der Waals surface area contributed by atoms with Crippen molar-refractivity contribution in [2.75, 3.05) is 6.54 Å². The van der Waals surface area contributed by atoms with Gasteiger partial charge in [-0.25, -0.2) is 4.79 Å². The Balaban J connectivity index is 0.00000289. The molecule has 7 N–H and O–H groups in total. The van der Waals surface area contributed by atoms with Crippen LogP contribution >= 0.6 is 0 Å². The van der Waals surface area contributed by atoms with Gasteiger partial charge in [-0.05, 0) is 17.7 Å². The summed E-state index contributed by atoms with van der Waals surface area (Å²) >= 11 is 0. The molecule has 0 aliphatic rings. The highest BCUT2D eigenvalue weighted by atomic mass is 16.4. The van der Waals surface area contributed by atoms with Crippen molar-refractivity contribution in [3.05, 3.63) is 29.8 Å². The van der Waals surface area contributed by atoms with E-state index in [1.807, 2.05) is 0 Å². The lowest BCUT2D eigenvalue weighted by Crippen LogP contribution is -2.44. The number of benzene rings is 1. The predicted octanol–water partition coefficient (Wildman–Crippen LogP) is -1.36. The molecule has 1 aromatic carbocycles. The van der Waals surface area contributed by atoms with Gasteiger partial charge in [-0.3, -0.25) is 4.79 Å². The van der Waals surface area contributed by atoms with Gasteiger partial charge in [0, 0.05) is 6.42 Å². The van der Waals surface area contributed by atoms with Crippen molar-refractivity contribution >= 4 is 11.9 Å². The van der Waals surface area contributed by atoms with E-state index in [2.05, 4.69) is 5.32 Å². The fourth-order valence-electron chi connectivity index (χ4n) is 1.32. The molecule has 18 heavy (non-hydrogen) atoms. The van der Waals surface area contributed by atoms with E-state index in [1.54, 1.807) is 12.1 Å². The first-order chi connectivity index (χ1) is 8.02. The summed E-state index contributed by atoms with van der Waals surface area (Å²) in [6, 6.07) is 5.09.